The highest BCUT2D eigenvalue weighted by Crippen LogP contribution is 2.55. The summed E-state index contributed by atoms with van der Waals surface area (Å²) in [6.07, 6.45) is 2.41. The number of carbonyl (C=O) groups excluding carboxylic acids is 1. The lowest BCUT2D eigenvalue weighted by atomic mass is 9.64. The predicted octanol–water partition coefficient (Wildman–Crippen LogP) is 7.58. The molecule has 1 unspecified atom stereocenters. The minimum atomic E-state index is -1.83. The van der Waals surface area contributed by atoms with Gasteiger partial charge in [0, 0.05) is 11.6 Å². The largest absolute Gasteiger partial charge is 0.413 e. The summed E-state index contributed by atoms with van der Waals surface area (Å²) in [7, 11) is -1.83. The minimum Gasteiger partial charge on any atom is -0.413 e. The van der Waals surface area contributed by atoms with Crippen LogP contribution in [0.25, 0.3) is 0 Å². The maximum absolute atomic E-state index is 12.8. The van der Waals surface area contributed by atoms with Crippen LogP contribution in [0.4, 0.5) is 5.69 Å². The fourth-order valence-electron chi connectivity index (χ4n) is 5.51. The van der Waals surface area contributed by atoms with E-state index in [2.05, 4.69) is 76.4 Å². The standard InChI is InChI=1S/C30H40N2O2Si/c1-19-27(23-12-13-23)28(20(2)33)25-14-11-21(17-31)16-26(25)29(19)32-24-10-8-9-22(15-24)18-34-35(6,7)30(3,4)5/h8-11,14-16,19,23,27-29,32H,12-13,18H2,1-7H3/t19-,27+,28?,29+/m0/s1. The van der Waals surface area contributed by atoms with Crippen molar-refractivity contribution < 1.29 is 9.22 Å². The van der Waals surface area contributed by atoms with Crippen molar-refractivity contribution in [1.29, 1.82) is 5.26 Å². The second-order valence-electron chi connectivity index (χ2n) is 12.2. The molecular formula is C30H40N2O2Si. The third-order valence-electron chi connectivity index (χ3n) is 8.66. The average Bonchev–Trinajstić information content (AvgIpc) is 3.63. The second kappa shape index (κ2) is 9.56. The average molecular weight is 489 g/mol. The SMILES string of the molecule is CC(=O)C1c2ccc(C#N)cc2[C@H](Nc2cccc(CO[Si](C)(C)C(C)(C)C)c2)[C@@H](C)[C@@H]1C1CC1. The number of rotatable bonds is 7. The van der Waals surface area contributed by atoms with Gasteiger partial charge in [0.15, 0.2) is 8.32 Å². The van der Waals surface area contributed by atoms with Gasteiger partial charge in [0.2, 0.25) is 0 Å². The van der Waals surface area contributed by atoms with Gasteiger partial charge in [0.25, 0.3) is 0 Å². The van der Waals surface area contributed by atoms with Crippen LogP contribution < -0.4 is 5.32 Å². The van der Waals surface area contributed by atoms with Gasteiger partial charge in [-0.15, -0.1) is 0 Å². The minimum absolute atomic E-state index is 0.0519. The molecule has 0 spiro atoms. The molecule has 2 aromatic carbocycles. The lowest BCUT2D eigenvalue weighted by Crippen LogP contribution is -2.40. The molecule has 4 atom stereocenters. The molecule has 2 aliphatic rings. The van der Waals surface area contributed by atoms with Gasteiger partial charge in [-0.1, -0.05) is 45.9 Å². The van der Waals surface area contributed by atoms with E-state index in [1.54, 1.807) is 6.92 Å². The summed E-state index contributed by atoms with van der Waals surface area (Å²) in [5.74, 6) is 1.38. The van der Waals surface area contributed by atoms with Crippen molar-refractivity contribution in [2.75, 3.05) is 5.32 Å². The van der Waals surface area contributed by atoms with Crippen molar-refractivity contribution >= 4 is 19.8 Å². The molecule has 1 fully saturated rings. The van der Waals surface area contributed by atoms with Crippen molar-refractivity contribution in [3.63, 3.8) is 0 Å². The van der Waals surface area contributed by atoms with E-state index in [9.17, 15) is 10.1 Å². The predicted molar refractivity (Wildman–Crippen MR) is 145 cm³/mol. The number of Topliss-reactive ketones (excluding diaryl/α,β-unsaturated/α-hetero) is 1. The van der Waals surface area contributed by atoms with Crippen LogP contribution in [0.2, 0.25) is 18.1 Å². The zero-order valence-electron chi connectivity index (χ0n) is 22.3. The Labute approximate surface area is 212 Å². The highest BCUT2D eigenvalue weighted by Gasteiger charge is 2.49. The van der Waals surface area contributed by atoms with Crippen LogP contribution in [-0.2, 0) is 15.8 Å². The van der Waals surface area contributed by atoms with Crippen LogP contribution in [0.3, 0.4) is 0 Å². The molecule has 0 amide bonds. The molecule has 4 nitrogen and oxygen atoms in total. The van der Waals surface area contributed by atoms with Crippen molar-refractivity contribution in [2.45, 2.75) is 84.2 Å². The number of carbonyl (C=O) groups is 1. The number of nitriles is 1. The molecule has 1 saturated carbocycles. The number of hydrogen-bond donors (Lipinski definition) is 1. The van der Waals surface area contributed by atoms with E-state index in [-0.39, 0.29) is 28.7 Å². The fraction of sp³-hybridized carbons (Fsp3) is 0.533. The number of nitrogens with zero attached hydrogens (tertiary/aromatic N) is 1. The first-order chi connectivity index (χ1) is 16.4. The smallest absolute Gasteiger partial charge is 0.192 e. The number of fused-ring (bicyclic) bond motifs is 1. The molecule has 0 radical (unpaired) electrons. The quantitative estimate of drug-likeness (QED) is 0.408. The van der Waals surface area contributed by atoms with E-state index in [0.29, 0.717) is 24.0 Å². The Bertz CT molecular complexity index is 1140. The Balaban J connectivity index is 1.64. The number of ketones is 1. The molecule has 0 heterocycles. The van der Waals surface area contributed by atoms with Crippen molar-refractivity contribution in [3.05, 3.63) is 64.7 Å². The van der Waals surface area contributed by atoms with Gasteiger partial charge in [-0.05, 0) is 96.6 Å². The lowest BCUT2D eigenvalue weighted by molar-refractivity contribution is -0.120. The topological polar surface area (TPSA) is 62.1 Å². The Morgan fingerprint density at radius 2 is 1.86 bits per heavy atom. The molecular weight excluding hydrogens is 448 g/mol. The van der Waals surface area contributed by atoms with Gasteiger partial charge in [0.05, 0.1) is 24.3 Å². The van der Waals surface area contributed by atoms with E-state index in [1.165, 1.54) is 12.8 Å². The van der Waals surface area contributed by atoms with Crippen LogP contribution in [-0.4, -0.2) is 14.1 Å². The van der Waals surface area contributed by atoms with Crippen LogP contribution in [0.1, 0.15) is 81.7 Å². The first-order valence-electron chi connectivity index (χ1n) is 13.0. The molecule has 4 rings (SSSR count). The molecule has 1 N–H and O–H groups in total. The highest BCUT2D eigenvalue weighted by atomic mass is 28.4. The molecule has 0 saturated heterocycles. The van der Waals surface area contributed by atoms with E-state index < -0.39 is 8.32 Å². The fourth-order valence-corrected chi connectivity index (χ4v) is 6.47. The third-order valence-corrected chi connectivity index (χ3v) is 13.1. The third kappa shape index (κ3) is 5.24. The van der Waals surface area contributed by atoms with Crippen molar-refractivity contribution in [1.82, 2.24) is 0 Å². The number of anilines is 1. The summed E-state index contributed by atoms with van der Waals surface area (Å²) in [5, 5.41) is 13.6. The first-order valence-corrected chi connectivity index (χ1v) is 15.9. The molecule has 0 aromatic heterocycles. The molecule has 2 aromatic rings. The van der Waals surface area contributed by atoms with Crippen molar-refractivity contribution in [2.24, 2.45) is 17.8 Å². The summed E-state index contributed by atoms with van der Waals surface area (Å²) in [6.45, 7) is 16.0. The highest BCUT2D eigenvalue weighted by molar-refractivity contribution is 6.74. The van der Waals surface area contributed by atoms with Crippen LogP contribution >= 0.6 is 0 Å². The van der Waals surface area contributed by atoms with E-state index >= 15 is 0 Å². The summed E-state index contributed by atoms with van der Waals surface area (Å²) >= 11 is 0. The van der Waals surface area contributed by atoms with Crippen LogP contribution in [0.15, 0.2) is 42.5 Å². The molecule has 186 valence electrons. The molecule has 2 aliphatic carbocycles. The second-order valence-corrected chi connectivity index (χ2v) is 17.0. The number of hydrogen-bond acceptors (Lipinski definition) is 4. The summed E-state index contributed by atoms with van der Waals surface area (Å²) in [5.41, 5.74) is 5.06. The van der Waals surface area contributed by atoms with Crippen LogP contribution in [0.5, 0.6) is 0 Å². The maximum Gasteiger partial charge on any atom is 0.192 e. The Hall–Kier alpha value is -2.42. The number of nitrogens with one attached hydrogen (secondary N) is 1. The van der Waals surface area contributed by atoms with Gasteiger partial charge >= 0.3 is 0 Å². The van der Waals surface area contributed by atoms with Gasteiger partial charge in [-0.2, -0.15) is 5.26 Å². The van der Waals surface area contributed by atoms with Gasteiger partial charge in [-0.25, -0.2) is 0 Å². The Morgan fingerprint density at radius 3 is 2.46 bits per heavy atom. The monoisotopic (exact) mass is 488 g/mol. The van der Waals surface area contributed by atoms with Crippen molar-refractivity contribution in [3.8, 4) is 6.07 Å². The van der Waals surface area contributed by atoms with Gasteiger partial charge in [0.1, 0.15) is 5.78 Å². The first kappa shape index (κ1) is 25.7. The normalized spacial score (nSPS) is 24.4. The Kier molecular flexibility index (Phi) is 7.01. The lowest BCUT2D eigenvalue weighted by Gasteiger charge is -2.43. The van der Waals surface area contributed by atoms with Crippen LogP contribution in [0, 0.1) is 29.1 Å². The maximum atomic E-state index is 12.8. The number of benzene rings is 2. The zero-order valence-corrected chi connectivity index (χ0v) is 23.3. The molecule has 5 heteroatoms. The molecule has 35 heavy (non-hydrogen) atoms. The summed E-state index contributed by atoms with van der Waals surface area (Å²) in [6, 6.07) is 16.7. The van der Waals surface area contributed by atoms with Gasteiger partial charge < -0.3 is 9.74 Å². The molecule has 0 aliphatic heterocycles. The summed E-state index contributed by atoms with van der Waals surface area (Å²) in [4.78, 5) is 12.8. The Morgan fingerprint density at radius 1 is 1.14 bits per heavy atom. The molecule has 0 bridgehead atoms. The zero-order chi connectivity index (χ0) is 25.5. The summed E-state index contributed by atoms with van der Waals surface area (Å²) < 4.78 is 6.47. The van der Waals surface area contributed by atoms with E-state index in [4.69, 9.17) is 4.43 Å². The van der Waals surface area contributed by atoms with E-state index in [0.717, 1.165) is 22.4 Å². The van der Waals surface area contributed by atoms with Gasteiger partial charge in [-0.3, -0.25) is 4.79 Å². The van der Waals surface area contributed by atoms with E-state index in [1.807, 2.05) is 18.2 Å².